The summed E-state index contributed by atoms with van der Waals surface area (Å²) in [5.41, 5.74) is 0. The predicted molar refractivity (Wildman–Crippen MR) is 68.1 cm³/mol. The van der Waals surface area contributed by atoms with Crippen LogP contribution in [-0.4, -0.2) is 28.2 Å². The van der Waals surface area contributed by atoms with E-state index in [2.05, 4.69) is 4.72 Å². The van der Waals surface area contributed by atoms with E-state index in [1.165, 1.54) is 7.11 Å². The Hall–Kier alpha value is -0.400. The summed E-state index contributed by atoms with van der Waals surface area (Å²) in [5, 5.41) is -0.760. The molecule has 0 bridgehead atoms. The lowest BCUT2D eigenvalue weighted by molar-refractivity contribution is 0.122. The van der Waals surface area contributed by atoms with Gasteiger partial charge in [-0.05, 0) is 19.1 Å². The highest BCUT2D eigenvalue weighted by atomic mass is 35.5. The molecule has 1 N–H and O–H groups in total. The number of hydrogen-bond acceptors (Lipinski definition) is 3. The second-order valence-electron chi connectivity index (χ2n) is 3.57. The van der Waals surface area contributed by atoms with Crippen molar-refractivity contribution in [3.8, 4) is 0 Å². The molecule has 0 saturated carbocycles. The van der Waals surface area contributed by atoms with Crippen LogP contribution < -0.4 is 4.72 Å². The number of hydrogen-bond donors (Lipinski definition) is 1. The first-order chi connectivity index (χ1) is 8.29. The molecule has 1 atom stereocenters. The highest BCUT2D eigenvalue weighted by Gasteiger charge is 2.22. The molecule has 102 valence electrons. The number of nitrogens with one attached hydrogen (secondary N) is 1. The van der Waals surface area contributed by atoms with Crippen LogP contribution in [0.5, 0.6) is 0 Å². The zero-order valence-electron chi connectivity index (χ0n) is 9.71. The van der Waals surface area contributed by atoms with Gasteiger partial charge in [0, 0.05) is 13.7 Å². The van der Waals surface area contributed by atoms with E-state index in [1.54, 1.807) is 6.92 Å². The van der Waals surface area contributed by atoms with Crippen molar-refractivity contribution in [2.24, 2.45) is 0 Å². The summed E-state index contributed by atoms with van der Waals surface area (Å²) in [7, 11) is -2.44. The van der Waals surface area contributed by atoms with Crippen molar-refractivity contribution in [3.63, 3.8) is 0 Å². The molecule has 4 nitrogen and oxygen atoms in total. The molecule has 8 heteroatoms. The highest BCUT2D eigenvalue weighted by Crippen LogP contribution is 2.29. The second kappa shape index (κ2) is 6.16. The zero-order chi connectivity index (χ0) is 13.9. The van der Waals surface area contributed by atoms with E-state index >= 15 is 0 Å². The number of sulfonamides is 1. The summed E-state index contributed by atoms with van der Waals surface area (Å²) in [6.07, 6.45) is -0.310. The number of rotatable bonds is 5. The molecule has 0 spiro atoms. The maximum Gasteiger partial charge on any atom is 0.242 e. The summed E-state index contributed by atoms with van der Waals surface area (Å²) in [4.78, 5) is -0.352. The fourth-order valence-electron chi connectivity index (χ4n) is 1.10. The Morgan fingerprint density at radius 1 is 1.44 bits per heavy atom. The van der Waals surface area contributed by atoms with Gasteiger partial charge in [0.2, 0.25) is 10.0 Å². The van der Waals surface area contributed by atoms with Crippen molar-refractivity contribution >= 4 is 33.2 Å². The third-order valence-corrected chi connectivity index (χ3v) is 4.49. The molecule has 1 rings (SSSR count). The standard InChI is InChI=1S/C10H12Cl2FNO3S/c1-6(17-2)5-14-18(15,16)8-4-3-7(11)10(13)9(8)12/h3-4,6,14H,5H2,1-2H3. The molecule has 1 unspecified atom stereocenters. The van der Waals surface area contributed by atoms with Crippen molar-refractivity contribution < 1.29 is 17.5 Å². The van der Waals surface area contributed by atoms with Crippen molar-refractivity contribution in [2.75, 3.05) is 13.7 Å². The van der Waals surface area contributed by atoms with Crippen molar-refractivity contribution in [1.29, 1.82) is 0 Å². The van der Waals surface area contributed by atoms with Gasteiger partial charge in [-0.3, -0.25) is 0 Å². The topological polar surface area (TPSA) is 55.4 Å². The number of benzene rings is 1. The van der Waals surface area contributed by atoms with E-state index in [0.717, 1.165) is 12.1 Å². The van der Waals surface area contributed by atoms with Gasteiger partial charge in [0.1, 0.15) is 4.90 Å². The molecule has 0 radical (unpaired) electrons. The summed E-state index contributed by atoms with van der Waals surface area (Å²) < 4.78 is 44.3. The van der Waals surface area contributed by atoms with Crippen molar-refractivity contribution in [2.45, 2.75) is 17.9 Å². The van der Waals surface area contributed by atoms with Crippen LogP contribution in [-0.2, 0) is 14.8 Å². The van der Waals surface area contributed by atoms with E-state index in [4.69, 9.17) is 27.9 Å². The third-order valence-electron chi connectivity index (χ3n) is 2.25. The lowest BCUT2D eigenvalue weighted by atomic mass is 10.3. The number of methoxy groups -OCH3 is 1. The van der Waals surface area contributed by atoms with Crippen LogP contribution in [0.4, 0.5) is 4.39 Å². The molecule has 18 heavy (non-hydrogen) atoms. The SMILES string of the molecule is COC(C)CNS(=O)(=O)c1ccc(Cl)c(F)c1Cl. The van der Waals surface area contributed by atoms with Crippen LogP contribution in [0.15, 0.2) is 17.0 Å². The molecule has 1 aromatic carbocycles. The zero-order valence-corrected chi connectivity index (χ0v) is 12.0. The Labute approximate surface area is 115 Å². The monoisotopic (exact) mass is 315 g/mol. The lowest BCUT2D eigenvalue weighted by Crippen LogP contribution is -2.31. The minimum atomic E-state index is -3.90. The highest BCUT2D eigenvalue weighted by molar-refractivity contribution is 7.89. The maximum absolute atomic E-state index is 13.4. The van der Waals surface area contributed by atoms with Crippen molar-refractivity contribution in [1.82, 2.24) is 4.72 Å². The molecule has 0 aromatic heterocycles. The van der Waals surface area contributed by atoms with Crippen LogP contribution in [0.3, 0.4) is 0 Å². The molecular weight excluding hydrogens is 304 g/mol. The van der Waals surface area contributed by atoms with Gasteiger partial charge in [-0.15, -0.1) is 0 Å². The first-order valence-electron chi connectivity index (χ1n) is 4.95. The summed E-state index contributed by atoms with van der Waals surface area (Å²) in [6.45, 7) is 1.74. The van der Waals surface area contributed by atoms with Gasteiger partial charge in [-0.2, -0.15) is 0 Å². The molecule has 0 amide bonds. The number of halogens is 3. The van der Waals surface area contributed by atoms with Crippen LogP contribution in [0.2, 0.25) is 10.0 Å². The largest absolute Gasteiger partial charge is 0.380 e. The molecule has 0 aliphatic carbocycles. The molecule has 0 heterocycles. The van der Waals surface area contributed by atoms with E-state index < -0.39 is 20.9 Å². The average molecular weight is 316 g/mol. The Balaban J connectivity index is 3.03. The van der Waals surface area contributed by atoms with E-state index in [0.29, 0.717) is 0 Å². The second-order valence-corrected chi connectivity index (χ2v) is 6.09. The fourth-order valence-corrected chi connectivity index (χ4v) is 2.96. The van der Waals surface area contributed by atoms with Crippen LogP contribution in [0, 0.1) is 5.82 Å². The molecule has 0 aliphatic rings. The molecule has 1 aromatic rings. The first kappa shape index (κ1) is 15.7. The summed E-state index contributed by atoms with van der Waals surface area (Å²) >= 11 is 11.1. The van der Waals surface area contributed by atoms with Gasteiger partial charge < -0.3 is 4.74 Å². The average Bonchev–Trinajstić information content (AvgIpc) is 2.32. The van der Waals surface area contributed by atoms with Crippen LogP contribution in [0.1, 0.15) is 6.92 Å². The Kier molecular flexibility index (Phi) is 5.36. The Bertz CT molecular complexity index is 536. The van der Waals surface area contributed by atoms with Gasteiger partial charge in [0.15, 0.2) is 5.82 Å². The van der Waals surface area contributed by atoms with Gasteiger partial charge in [-0.1, -0.05) is 23.2 Å². The quantitative estimate of drug-likeness (QED) is 0.849. The number of ether oxygens (including phenoxy) is 1. The van der Waals surface area contributed by atoms with Crippen LogP contribution in [0.25, 0.3) is 0 Å². The first-order valence-corrected chi connectivity index (χ1v) is 7.19. The van der Waals surface area contributed by atoms with E-state index in [1.807, 2.05) is 0 Å². The Morgan fingerprint density at radius 3 is 2.61 bits per heavy atom. The summed E-state index contributed by atoms with van der Waals surface area (Å²) in [6, 6.07) is 2.28. The van der Waals surface area contributed by atoms with E-state index in [9.17, 15) is 12.8 Å². The predicted octanol–water partition coefficient (Wildman–Crippen LogP) is 2.45. The van der Waals surface area contributed by atoms with Gasteiger partial charge in [0.05, 0.1) is 16.1 Å². The van der Waals surface area contributed by atoms with Crippen molar-refractivity contribution in [3.05, 3.63) is 28.0 Å². The fraction of sp³-hybridized carbons (Fsp3) is 0.400. The smallest absolute Gasteiger partial charge is 0.242 e. The minimum Gasteiger partial charge on any atom is -0.380 e. The molecule has 0 aliphatic heterocycles. The molecular formula is C10H12Cl2FNO3S. The third kappa shape index (κ3) is 3.55. The minimum absolute atomic E-state index is 0.0550. The van der Waals surface area contributed by atoms with Gasteiger partial charge in [-0.25, -0.2) is 17.5 Å². The maximum atomic E-state index is 13.4. The lowest BCUT2D eigenvalue weighted by Gasteiger charge is -2.12. The van der Waals surface area contributed by atoms with E-state index in [-0.39, 0.29) is 22.6 Å². The molecule has 0 saturated heterocycles. The normalized spacial score (nSPS) is 13.6. The summed E-state index contributed by atoms with van der Waals surface area (Å²) in [5.74, 6) is -0.957. The van der Waals surface area contributed by atoms with Crippen LogP contribution >= 0.6 is 23.2 Å². The Morgan fingerprint density at radius 2 is 2.06 bits per heavy atom. The molecule has 0 fully saturated rings. The van der Waals surface area contributed by atoms with Gasteiger partial charge >= 0.3 is 0 Å². The van der Waals surface area contributed by atoms with Gasteiger partial charge in [0.25, 0.3) is 0 Å².